The second-order valence-corrected chi connectivity index (χ2v) is 4.71. The van der Waals surface area contributed by atoms with Crippen molar-refractivity contribution in [2.45, 2.75) is 31.4 Å². The second-order valence-electron chi connectivity index (χ2n) is 4.71. The zero-order valence-electron chi connectivity index (χ0n) is 11.3. The lowest BCUT2D eigenvalue weighted by Gasteiger charge is -2.18. The van der Waals surface area contributed by atoms with Gasteiger partial charge in [-0.25, -0.2) is 4.39 Å². The van der Waals surface area contributed by atoms with Crippen molar-refractivity contribution in [1.29, 1.82) is 0 Å². The summed E-state index contributed by atoms with van der Waals surface area (Å²) in [5, 5.41) is 0. The van der Waals surface area contributed by atoms with E-state index >= 15 is 0 Å². The number of nitrogens with two attached hydrogens (primary N) is 1. The molecule has 2 N–H and O–H groups in total. The molecule has 5 heteroatoms. The molecule has 0 spiro atoms. The fourth-order valence-electron chi connectivity index (χ4n) is 2.39. The lowest BCUT2D eigenvalue weighted by Crippen LogP contribution is -2.19. The lowest BCUT2D eigenvalue weighted by atomic mass is 9.99. The molecular formula is C14H20FNO3. The van der Waals surface area contributed by atoms with Gasteiger partial charge in [0.25, 0.3) is 0 Å². The highest BCUT2D eigenvalue weighted by Gasteiger charge is 2.23. The number of hydrogen-bond acceptors (Lipinski definition) is 4. The smallest absolute Gasteiger partial charge is 0.163 e. The van der Waals surface area contributed by atoms with Gasteiger partial charge in [0.1, 0.15) is 5.82 Å². The predicted molar refractivity (Wildman–Crippen MR) is 70.0 cm³/mol. The summed E-state index contributed by atoms with van der Waals surface area (Å²) < 4.78 is 29.8. The minimum Gasteiger partial charge on any atom is -0.493 e. The topological polar surface area (TPSA) is 53.7 Å². The van der Waals surface area contributed by atoms with E-state index in [2.05, 4.69) is 0 Å². The maximum absolute atomic E-state index is 14.0. The normalized spacial score (nSPS) is 20.3. The molecule has 0 saturated carbocycles. The Hall–Kier alpha value is -1.33. The van der Waals surface area contributed by atoms with Gasteiger partial charge < -0.3 is 19.9 Å². The summed E-state index contributed by atoms with van der Waals surface area (Å²) in [5.74, 6) is 0.484. The van der Waals surface area contributed by atoms with E-state index in [0.717, 1.165) is 19.4 Å². The van der Waals surface area contributed by atoms with Crippen LogP contribution in [0.1, 0.15) is 30.9 Å². The van der Waals surface area contributed by atoms with Gasteiger partial charge in [-0.3, -0.25) is 0 Å². The van der Waals surface area contributed by atoms with Crippen molar-refractivity contribution >= 4 is 0 Å². The van der Waals surface area contributed by atoms with Gasteiger partial charge in [0.05, 0.1) is 20.3 Å². The molecule has 1 saturated heterocycles. The summed E-state index contributed by atoms with van der Waals surface area (Å²) >= 11 is 0. The third kappa shape index (κ3) is 3.16. The molecule has 1 aromatic rings. The fraction of sp³-hybridized carbons (Fsp3) is 0.571. The van der Waals surface area contributed by atoms with Crippen LogP contribution < -0.4 is 15.2 Å². The van der Waals surface area contributed by atoms with E-state index in [1.807, 2.05) is 0 Å². The Morgan fingerprint density at radius 3 is 2.63 bits per heavy atom. The first-order chi connectivity index (χ1) is 9.15. The SMILES string of the molecule is COc1cc(F)c(C(N)CC2CCCO2)cc1OC. The molecule has 0 aliphatic carbocycles. The molecule has 2 rings (SSSR count). The van der Waals surface area contributed by atoms with Crippen LogP contribution >= 0.6 is 0 Å². The van der Waals surface area contributed by atoms with Crippen molar-refractivity contribution < 1.29 is 18.6 Å². The molecule has 1 aromatic carbocycles. The maximum atomic E-state index is 14.0. The Morgan fingerprint density at radius 1 is 1.37 bits per heavy atom. The van der Waals surface area contributed by atoms with Gasteiger partial charge in [0.15, 0.2) is 11.5 Å². The summed E-state index contributed by atoms with van der Waals surface area (Å²) in [6, 6.07) is 2.51. The molecule has 106 valence electrons. The summed E-state index contributed by atoms with van der Waals surface area (Å²) in [4.78, 5) is 0. The molecule has 0 aromatic heterocycles. The van der Waals surface area contributed by atoms with Crippen LogP contribution in [0.4, 0.5) is 4.39 Å². The number of methoxy groups -OCH3 is 2. The Balaban J connectivity index is 2.17. The van der Waals surface area contributed by atoms with Crippen LogP contribution in [0.25, 0.3) is 0 Å². The van der Waals surface area contributed by atoms with Crippen molar-refractivity contribution in [1.82, 2.24) is 0 Å². The van der Waals surface area contributed by atoms with Crippen LogP contribution in [-0.2, 0) is 4.74 Å². The average Bonchev–Trinajstić information content (AvgIpc) is 2.90. The molecule has 19 heavy (non-hydrogen) atoms. The Morgan fingerprint density at radius 2 is 2.05 bits per heavy atom. The van der Waals surface area contributed by atoms with Gasteiger partial charge in [-0.05, 0) is 25.3 Å². The fourth-order valence-corrected chi connectivity index (χ4v) is 2.39. The quantitative estimate of drug-likeness (QED) is 0.892. The third-order valence-corrected chi connectivity index (χ3v) is 3.44. The van der Waals surface area contributed by atoms with Crippen molar-refractivity contribution in [3.05, 3.63) is 23.5 Å². The minimum absolute atomic E-state index is 0.127. The zero-order chi connectivity index (χ0) is 13.8. The van der Waals surface area contributed by atoms with E-state index in [1.165, 1.54) is 20.3 Å². The van der Waals surface area contributed by atoms with Crippen molar-refractivity contribution in [3.63, 3.8) is 0 Å². The molecule has 0 bridgehead atoms. The first-order valence-corrected chi connectivity index (χ1v) is 6.44. The molecule has 1 aliphatic rings. The van der Waals surface area contributed by atoms with E-state index < -0.39 is 6.04 Å². The number of rotatable bonds is 5. The molecule has 1 aliphatic heterocycles. The average molecular weight is 269 g/mol. The van der Waals surface area contributed by atoms with Gasteiger partial charge in [-0.2, -0.15) is 0 Å². The molecular weight excluding hydrogens is 249 g/mol. The van der Waals surface area contributed by atoms with Gasteiger partial charge in [0, 0.05) is 24.3 Å². The Labute approximate surface area is 112 Å². The van der Waals surface area contributed by atoms with E-state index in [9.17, 15) is 4.39 Å². The largest absolute Gasteiger partial charge is 0.493 e. The van der Waals surface area contributed by atoms with E-state index in [-0.39, 0.29) is 11.9 Å². The van der Waals surface area contributed by atoms with Gasteiger partial charge in [-0.15, -0.1) is 0 Å². The Bertz CT molecular complexity index is 433. The molecule has 1 fully saturated rings. The lowest BCUT2D eigenvalue weighted by molar-refractivity contribution is 0.0980. The van der Waals surface area contributed by atoms with E-state index in [4.69, 9.17) is 19.9 Å². The number of ether oxygens (including phenoxy) is 3. The van der Waals surface area contributed by atoms with E-state index in [0.29, 0.717) is 23.5 Å². The van der Waals surface area contributed by atoms with Gasteiger partial charge >= 0.3 is 0 Å². The minimum atomic E-state index is -0.400. The number of benzene rings is 1. The summed E-state index contributed by atoms with van der Waals surface area (Å²) in [6.07, 6.45) is 2.78. The zero-order valence-corrected chi connectivity index (χ0v) is 11.3. The number of halogens is 1. The molecule has 1 heterocycles. The monoisotopic (exact) mass is 269 g/mol. The molecule has 2 unspecified atom stereocenters. The first kappa shape index (κ1) is 14.1. The maximum Gasteiger partial charge on any atom is 0.163 e. The highest BCUT2D eigenvalue weighted by molar-refractivity contribution is 5.44. The van der Waals surface area contributed by atoms with Gasteiger partial charge in [0.2, 0.25) is 0 Å². The van der Waals surface area contributed by atoms with Crippen LogP contribution in [0.3, 0.4) is 0 Å². The molecule has 2 atom stereocenters. The van der Waals surface area contributed by atoms with Crippen LogP contribution in [0.5, 0.6) is 11.5 Å². The van der Waals surface area contributed by atoms with Crippen LogP contribution in [-0.4, -0.2) is 26.9 Å². The summed E-state index contributed by atoms with van der Waals surface area (Å²) in [5.41, 5.74) is 6.51. The third-order valence-electron chi connectivity index (χ3n) is 3.44. The van der Waals surface area contributed by atoms with Gasteiger partial charge in [-0.1, -0.05) is 0 Å². The molecule has 0 radical (unpaired) electrons. The summed E-state index contributed by atoms with van der Waals surface area (Å²) in [6.45, 7) is 0.770. The van der Waals surface area contributed by atoms with Crippen molar-refractivity contribution in [3.8, 4) is 11.5 Å². The van der Waals surface area contributed by atoms with Crippen molar-refractivity contribution in [2.24, 2.45) is 5.73 Å². The highest BCUT2D eigenvalue weighted by Crippen LogP contribution is 2.33. The van der Waals surface area contributed by atoms with Crippen LogP contribution in [0, 0.1) is 5.82 Å². The Kier molecular flexibility index (Phi) is 4.61. The van der Waals surface area contributed by atoms with Crippen LogP contribution in [0.2, 0.25) is 0 Å². The van der Waals surface area contributed by atoms with Crippen molar-refractivity contribution in [2.75, 3.05) is 20.8 Å². The number of hydrogen-bond donors (Lipinski definition) is 1. The molecule has 4 nitrogen and oxygen atoms in total. The standard InChI is InChI=1S/C14H20FNO3/c1-17-13-7-10(11(15)8-14(13)18-2)12(16)6-9-4-3-5-19-9/h7-9,12H,3-6,16H2,1-2H3. The van der Waals surface area contributed by atoms with Crippen LogP contribution in [0.15, 0.2) is 12.1 Å². The first-order valence-electron chi connectivity index (χ1n) is 6.44. The summed E-state index contributed by atoms with van der Waals surface area (Å²) in [7, 11) is 2.99. The second kappa shape index (κ2) is 6.21. The predicted octanol–water partition coefficient (Wildman–Crippen LogP) is 2.41. The molecule has 0 amide bonds. The van der Waals surface area contributed by atoms with E-state index in [1.54, 1.807) is 6.07 Å². The highest BCUT2D eigenvalue weighted by atomic mass is 19.1.